The van der Waals surface area contributed by atoms with Crippen molar-refractivity contribution in [1.82, 2.24) is 0 Å². The topological polar surface area (TPSA) is 17.1 Å². The van der Waals surface area contributed by atoms with Gasteiger partial charge >= 0.3 is 0 Å². The molecule has 3 heteroatoms. The number of carbonyl (C=O) groups excluding carboxylic acids is 1. The highest BCUT2D eigenvalue weighted by atomic mass is 79.9. The summed E-state index contributed by atoms with van der Waals surface area (Å²) in [6.07, 6.45) is 9.18. The van der Waals surface area contributed by atoms with Gasteiger partial charge in [-0.3, -0.25) is 4.79 Å². The Morgan fingerprint density at radius 3 is 2.60 bits per heavy atom. The van der Waals surface area contributed by atoms with E-state index in [9.17, 15) is 4.79 Å². The Bertz CT molecular complexity index is 521. The predicted octanol–water partition coefficient (Wildman–Crippen LogP) is 5.14. The second-order valence-electron chi connectivity index (χ2n) is 4.99. The van der Waals surface area contributed by atoms with Crippen LogP contribution in [0.3, 0.4) is 0 Å². The molecular formula is C17H18BrClO. The van der Waals surface area contributed by atoms with Crippen LogP contribution in [0.15, 0.2) is 48.6 Å². The average molecular weight is 354 g/mol. The van der Waals surface area contributed by atoms with Crippen molar-refractivity contribution in [1.29, 1.82) is 0 Å². The molecule has 1 aliphatic carbocycles. The van der Waals surface area contributed by atoms with Crippen molar-refractivity contribution >= 4 is 38.9 Å². The molecule has 1 unspecified atom stereocenters. The molecule has 0 saturated heterocycles. The van der Waals surface area contributed by atoms with E-state index in [1.54, 1.807) is 0 Å². The van der Waals surface area contributed by atoms with Gasteiger partial charge in [-0.05, 0) is 30.4 Å². The smallest absolute Gasteiger partial charge is 0.153 e. The minimum Gasteiger partial charge on any atom is -0.298 e. The molecule has 0 N–H and O–H groups in total. The normalized spacial score (nSPS) is 21.6. The molecule has 0 aromatic heterocycles. The van der Waals surface area contributed by atoms with E-state index < -0.39 is 4.32 Å². The fourth-order valence-electron chi connectivity index (χ4n) is 2.26. The average Bonchev–Trinajstić information content (AvgIpc) is 2.49. The van der Waals surface area contributed by atoms with Crippen LogP contribution in [0.1, 0.15) is 31.2 Å². The van der Waals surface area contributed by atoms with Gasteiger partial charge in [-0.1, -0.05) is 64.5 Å². The van der Waals surface area contributed by atoms with E-state index in [1.807, 2.05) is 30.4 Å². The fraction of sp³-hybridized carbons (Fsp3) is 0.353. The third-order valence-electron chi connectivity index (χ3n) is 3.50. The first-order chi connectivity index (χ1) is 9.65. The number of benzene rings is 1. The first-order valence-electron chi connectivity index (χ1n) is 6.89. The zero-order valence-corrected chi connectivity index (χ0v) is 13.7. The molecule has 0 spiro atoms. The zero-order chi connectivity index (χ0) is 14.4. The molecule has 1 nitrogen and oxygen atoms in total. The summed E-state index contributed by atoms with van der Waals surface area (Å²) in [6, 6.07) is 10.2. The largest absolute Gasteiger partial charge is 0.298 e. The minimum absolute atomic E-state index is 0.238. The van der Waals surface area contributed by atoms with Crippen molar-refractivity contribution in [3.05, 3.63) is 54.1 Å². The Balaban J connectivity index is 2.01. The Morgan fingerprint density at radius 2 is 2.00 bits per heavy atom. The Hall–Kier alpha value is -0.860. The minimum atomic E-state index is -0.530. The van der Waals surface area contributed by atoms with Crippen LogP contribution >= 0.6 is 27.5 Å². The number of hydrogen-bond donors (Lipinski definition) is 0. The van der Waals surface area contributed by atoms with Gasteiger partial charge in [0.1, 0.15) is 4.32 Å². The molecular weight excluding hydrogens is 336 g/mol. The second kappa shape index (κ2) is 7.24. The number of rotatable bonds is 6. The van der Waals surface area contributed by atoms with E-state index in [4.69, 9.17) is 11.6 Å². The van der Waals surface area contributed by atoms with Gasteiger partial charge in [0.15, 0.2) is 5.78 Å². The van der Waals surface area contributed by atoms with Crippen molar-refractivity contribution in [2.45, 2.75) is 30.0 Å². The Morgan fingerprint density at radius 1 is 1.25 bits per heavy atom. The molecule has 0 radical (unpaired) electrons. The molecule has 1 atom stereocenters. The van der Waals surface area contributed by atoms with Crippen LogP contribution in [-0.4, -0.2) is 16.0 Å². The summed E-state index contributed by atoms with van der Waals surface area (Å²) in [5.74, 6) is 0.860. The van der Waals surface area contributed by atoms with Crippen molar-refractivity contribution < 1.29 is 4.79 Å². The summed E-state index contributed by atoms with van der Waals surface area (Å²) in [6.45, 7) is 0. The third-order valence-corrected chi connectivity index (χ3v) is 4.80. The van der Waals surface area contributed by atoms with Crippen LogP contribution in [0.5, 0.6) is 0 Å². The highest BCUT2D eigenvalue weighted by molar-refractivity contribution is 9.10. The van der Waals surface area contributed by atoms with Crippen molar-refractivity contribution in [3.63, 3.8) is 0 Å². The van der Waals surface area contributed by atoms with Gasteiger partial charge in [-0.25, -0.2) is 0 Å². The number of Topliss-reactive ketones (excluding diaryl/α,β-unsaturated/α-hetero) is 1. The maximum Gasteiger partial charge on any atom is 0.153 e. The molecule has 1 aliphatic rings. The number of allylic oxidation sites excluding steroid dienone is 4. The Kier molecular flexibility index (Phi) is 5.62. The lowest BCUT2D eigenvalue weighted by Gasteiger charge is -2.24. The van der Waals surface area contributed by atoms with Gasteiger partial charge in [0, 0.05) is 12.3 Å². The standard InChI is InChI=1S/C17H18BrClO/c18-17(16(20)8-4-5-13-19)11-9-15(10-12-17)14-6-2-1-3-7-14/h1-3,6-7,9-11H,4-5,8,12-13H2. The van der Waals surface area contributed by atoms with E-state index >= 15 is 0 Å². The first kappa shape index (κ1) is 15.5. The second-order valence-corrected chi connectivity index (χ2v) is 6.79. The molecule has 0 fully saturated rings. The highest BCUT2D eigenvalue weighted by Crippen LogP contribution is 2.35. The van der Waals surface area contributed by atoms with Gasteiger partial charge in [0.2, 0.25) is 0 Å². The number of hydrogen-bond acceptors (Lipinski definition) is 1. The van der Waals surface area contributed by atoms with Gasteiger partial charge in [0.05, 0.1) is 0 Å². The molecule has 20 heavy (non-hydrogen) atoms. The van der Waals surface area contributed by atoms with Crippen LogP contribution in [0, 0.1) is 0 Å². The maximum atomic E-state index is 12.3. The van der Waals surface area contributed by atoms with Crippen LogP contribution in [0.4, 0.5) is 0 Å². The van der Waals surface area contributed by atoms with Crippen LogP contribution in [0.2, 0.25) is 0 Å². The fourth-order valence-corrected chi connectivity index (χ4v) is 2.94. The van der Waals surface area contributed by atoms with Gasteiger partial charge in [0.25, 0.3) is 0 Å². The van der Waals surface area contributed by atoms with Crippen molar-refractivity contribution in [2.24, 2.45) is 0 Å². The monoisotopic (exact) mass is 352 g/mol. The lowest BCUT2D eigenvalue weighted by Crippen LogP contribution is -2.30. The molecule has 0 amide bonds. The molecule has 0 aliphatic heterocycles. The van der Waals surface area contributed by atoms with E-state index in [1.165, 1.54) is 11.1 Å². The summed E-state index contributed by atoms with van der Waals surface area (Å²) in [5, 5.41) is 0. The number of unbranched alkanes of at least 4 members (excludes halogenated alkanes) is 1. The van der Waals surface area contributed by atoms with Crippen molar-refractivity contribution in [2.75, 3.05) is 5.88 Å². The molecule has 1 aromatic rings. The lowest BCUT2D eigenvalue weighted by atomic mass is 9.88. The summed E-state index contributed by atoms with van der Waals surface area (Å²) in [5.41, 5.74) is 2.36. The molecule has 0 heterocycles. The number of alkyl halides is 2. The number of ketones is 1. The van der Waals surface area contributed by atoms with E-state index in [-0.39, 0.29) is 5.78 Å². The quantitative estimate of drug-likeness (QED) is 0.511. The summed E-state index contributed by atoms with van der Waals surface area (Å²) in [7, 11) is 0. The third kappa shape index (κ3) is 3.83. The van der Waals surface area contributed by atoms with Crippen LogP contribution < -0.4 is 0 Å². The molecule has 0 saturated carbocycles. The lowest BCUT2D eigenvalue weighted by molar-refractivity contribution is -0.120. The van der Waals surface area contributed by atoms with Gasteiger partial charge < -0.3 is 0 Å². The number of carbonyl (C=O) groups is 1. The molecule has 0 bridgehead atoms. The van der Waals surface area contributed by atoms with E-state index in [2.05, 4.69) is 34.1 Å². The predicted molar refractivity (Wildman–Crippen MR) is 89.4 cm³/mol. The van der Waals surface area contributed by atoms with Crippen LogP contribution in [-0.2, 0) is 4.79 Å². The summed E-state index contributed by atoms with van der Waals surface area (Å²) in [4.78, 5) is 12.3. The first-order valence-corrected chi connectivity index (χ1v) is 8.21. The molecule has 106 valence electrons. The SMILES string of the molecule is O=C(CCCCCl)C1(Br)C=CC(c2ccccc2)=CC1. The highest BCUT2D eigenvalue weighted by Gasteiger charge is 2.32. The maximum absolute atomic E-state index is 12.3. The van der Waals surface area contributed by atoms with Crippen LogP contribution in [0.25, 0.3) is 5.57 Å². The molecule has 1 aromatic carbocycles. The van der Waals surface area contributed by atoms with E-state index in [0.29, 0.717) is 18.7 Å². The molecule has 2 rings (SSSR count). The van der Waals surface area contributed by atoms with Gasteiger partial charge in [-0.15, -0.1) is 11.6 Å². The summed E-state index contributed by atoms with van der Waals surface area (Å²) < 4.78 is -0.530. The van der Waals surface area contributed by atoms with Gasteiger partial charge in [-0.2, -0.15) is 0 Å². The summed E-state index contributed by atoms with van der Waals surface area (Å²) >= 11 is 9.25. The van der Waals surface area contributed by atoms with Crippen molar-refractivity contribution in [3.8, 4) is 0 Å². The Labute approximate surface area is 133 Å². The zero-order valence-electron chi connectivity index (χ0n) is 11.3. The number of halogens is 2. The van der Waals surface area contributed by atoms with E-state index in [0.717, 1.165) is 12.8 Å².